The minimum Gasteiger partial charge on any atom is -0.351 e. The Morgan fingerprint density at radius 2 is 1.56 bits per heavy atom. The molecule has 4 heteroatoms. The van der Waals surface area contributed by atoms with Gasteiger partial charge in [0.2, 0.25) is 11.8 Å². The fraction of sp³-hybridized carbons (Fsp3) is 0.391. The second-order valence-corrected chi connectivity index (χ2v) is 8.55. The summed E-state index contributed by atoms with van der Waals surface area (Å²) in [5, 5.41) is 5.82. The molecular formula is C23H30N2O2. The van der Waals surface area contributed by atoms with E-state index in [0.29, 0.717) is 6.54 Å². The number of anilines is 1. The van der Waals surface area contributed by atoms with Gasteiger partial charge in [-0.3, -0.25) is 9.59 Å². The van der Waals surface area contributed by atoms with Crippen LogP contribution in [0.15, 0.2) is 48.5 Å². The Morgan fingerprint density at radius 1 is 0.889 bits per heavy atom. The van der Waals surface area contributed by atoms with Crippen LogP contribution < -0.4 is 10.6 Å². The standard InChI is InChI=1S/C23H30N2O2/c1-16-10-9-11-17(14-16)15-24-20(26)23(5,6)21(27)25-19-13-8-7-12-18(19)22(2,3)4/h7-14H,15H2,1-6H3,(H,24,26)(H,25,27). The van der Waals surface area contributed by atoms with Crippen LogP contribution in [0, 0.1) is 12.3 Å². The molecule has 2 rings (SSSR count). The Kier molecular flexibility index (Phi) is 6.09. The predicted molar refractivity (Wildman–Crippen MR) is 111 cm³/mol. The molecule has 0 fully saturated rings. The highest BCUT2D eigenvalue weighted by molar-refractivity contribution is 6.10. The van der Waals surface area contributed by atoms with Gasteiger partial charge in [-0.2, -0.15) is 0 Å². The quantitative estimate of drug-likeness (QED) is 0.761. The molecule has 0 bridgehead atoms. The fourth-order valence-corrected chi connectivity index (χ4v) is 2.85. The van der Waals surface area contributed by atoms with Crippen LogP contribution in [-0.2, 0) is 21.5 Å². The topological polar surface area (TPSA) is 58.2 Å². The molecule has 0 aromatic heterocycles. The fourth-order valence-electron chi connectivity index (χ4n) is 2.85. The largest absolute Gasteiger partial charge is 0.351 e. The van der Waals surface area contributed by atoms with Crippen LogP contribution in [0.1, 0.15) is 51.3 Å². The molecule has 0 atom stereocenters. The van der Waals surface area contributed by atoms with E-state index in [1.165, 1.54) is 0 Å². The third kappa shape index (κ3) is 5.19. The van der Waals surface area contributed by atoms with Crippen molar-refractivity contribution in [1.82, 2.24) is 5.32 Å². The second-order valence-electron chi connectivity index (χ2n) is 8.55. The molecule has 27 heavy (non-hydrogen) atoms. The summed E-state index contributed by atoms with van der Waals surface area (Å²) in [5.41, 5.74) is 2.63. The number of rotatable bonds is 5. The molecule has 0 radical (unpaired) electrons. The normalized spacial score (nSPS) is 11.8. The van der Waals surface area contributed by atoms with Gasteiger partial charge in [0.1, 0.15) is 5.41 Å². The first-order valence-corrected chi connectivity index (χ1v) is 9.26. The third-order valence-corrected chi connectivity index (χ3v) is 4.65. The van der Waals surface area contributed by atoms with Crippen LogP contribution in [0.5, 0.6) is 0 Å². The minimum absolute atomic E-state index is 0.110. The van der Waals surface area contributed by atoms with E-state index >= 15 is 0 Å². The average molecular weight is 367 g/mol. The summed E-state index contributed by atoms with van der Waals surface area (Å²) in [6, 6.07) is 15.7. The van der Waals surface area contributed by atoms with Gasteiger partial charge < -0.3 is 10.6 Å². The lowest BCUT2D eigenvalue weighted by Crippen LogP contribution is -2.45. The van der Waals surface area contributed by atoms with Gasteiger partial charge in [0.15, 0.2) is 0 Å². The van der Waals surface area contributed by atoms with Gasteiger partial charge in [-0.25, -0.2) is 0 Å². The molecule has 0 aliphatic carbocycles. The first-order chi connectivity index (χ1) is 12.5. The number of para-hydroxylation sites is 1. The molecule has 0 saturated heterocycles. The maximum absolute atomic E-state index is 12.8. The molecule has 0 aliphatic rings. The highest BCUT2D eigenvalue weighted by Crippen LogP contribution is 2.30. The van der Waals surface area contributed by atoms with Crippen molar-refractivity contribution < 1.29 is 9.59 Å². The second kappa shape index (κ2) is 7.95. The van der Waals surface area contributed by atoms with Crippen molar-refractivity contribution in [2.24, 2.45) is 5.41 Å². The van der Waals surface area contributed by atoms with Crippen molar-refractivity contribution in [3.63, 3.8) is 0 Å². The highest BCUT2D eigenvalue weighted by Gasteiger charge is 2.36. The summed E-state index contributed by atoms with van der Waals surface area (Å²) >= 11 is 0. The maximum Gasteiger partial charge on any atom is 0.239 e. The average Bonchev–Trinajstić information content (AvgIpc) is 2.59. The van der Waals surface area contributed by atoms with E-state index in [1.807, 2.05) is 55.5 Å². The molecular weight excluding hydrogens is 336 g/mol. The van der Waals surface area contributed by atoms with Crippen LogP contribution in [-0.4, -0.2) is 11.8 Å². The van der Waals surface area contributed by atoms with Gasteiger partial charge in [0.25, 0.3) is 0 Å². The number of nitrogens with one attached hydrogen (secondary N) is 2. The van der Waals surface area contributed by atoms with Gasteiger partial charge in [-0.05, 0) is 43.4 Å². The van der Waals surface area contributed by atoms with Crippen LogP contribution in [0.2, 0.25) is 0 Å². The lowest BCUT2D eigenvalue weighted by Gasteiger charge is -2.26. The number of hydrogen-bond donors (Lipinski definition) is 2. The molecule has 2 aromatic rings. The monoisotopic (exact) mass is 366 g/mol. The zero-order chi connectivity index (χ0) is 20.2. The number of hydrogen-bond acceptors (Lipinski definition) is 2. The van der Waals surface area contributed by atoms with Crippen LogP contribution in [0.4, 0.5) is 5.69 Å². The Morgan fingerprint density at radius 3 is 2.19 bits per heavy atom. The zero-order valence-electron chi connectivity index (χ0n) is 17.1. The summed E-state index contributed by atoms with van der Waals surface area (Å²) in [7, 11) is 0. The third-order valence-electron chi connectivity index (χ3n) is 4.65. The number of carbonyl (C=O) groups is 2. The molecule has 0 spiro atoms. The molecule has 0 saturated carbocycles. The van der Waals surface area contributed by atoms with Crippen molar-refractivity contribution >= 4 is 17.5 Å². The van der Waals surface area contributed by atoms with E-state index in [0.717, 1.165) is 22.4 Å². The first kappa shape index (κ1) is 20.7. The highest BCUT2D eigenvalue weighted by atomic mass is 16.2. The van der Waals surface area contributed by atoms with E-state index in [-0.39, 0.29) is 17.2 Å². The smallest absolute Gasteiger partial charge is 0.239 e. The van der Waals surface area contributed by atoms with Gasteiger partial charge in [0, 0.05) is 12.2 Å². The Labute approximate surface area is 162 Å². The van der Waals surface area contributed by atoms with Gasteiger partial charge in [0.05, 0.1) is 0 Å². The Balaban J connectivity index is 2.09. The number of amides is 2. The first-order valence-electron chi connectivity index (χ1n) is 9.26. The summed E-state index contributed by atoms with van der Waals surface area (Å²) < 4.78 is 0. The Hall–Kier alpha value is -2.62. The van der Waals surface area contributed by atoms with E-state index in [4.69, 9.17) is 0 Å². The molecule has 4 nitrogen and oxygen atoms in total. The lowest BCUT2D eigenvalue weighted by atomic mass is 9.85. The molecule has 2 N–H and O–H groups in total. The van der Waals surface area contributed by atoms with Crippen molar-refractivity contribution in [2.45, 2.75) is 53.5 Å². The molecule has 2 amide bonds. The lowest BCUT2D eigenvalue weighted by molar-refractivity contribution is -0.138. The SMILES string of the molecule is Cc1cccc(CNC(=O)C(C)(C)C(=O)Nc2ccccc2C(C)(C)C)c1. The van der Waals surface area contributed by atoms with Crippen LogP contribution >= 0.6 is 0 Å². The Bertz CT molecular complexity index is 832. The van der Waals surface area contributed by atoms with Crippen molar-refractivity contribution in [3.8, 4) is 0 Å². The molecule has 0 heterocycles. The number of carbonyl (C=O) groups excluding carboxylic acids is 2. The summed E-state index contributed by atoms with van der Waals surface area (Å²) in [6.45, 7) is 12.0. The molecule has 0 unspecified atom stereocenters. The van der Waals surface area contributed by atoms with Crippen molar-refractivity contribution in [3.05, 3.63) is 65.2 Å². The van der Waals surface area contributed by atoms with Crippen LogP contribution in [0.25, 0.3) is 0 Å². The summed E-state index contributed by atoms with van der Waals surface area (Å²) in [6.07, 6.45) is 0. The van der Waals surface area contributed by atoms with E-state index in [1.54, 1.807) is 13.8 Å². The maximum atomic E-state index is 12.8. The zero-order valence-corrected chi connectivity index (χ0v) is 17.1. The van der Waals surface area contributed by atoms with Crippen molar-refractivity contribution in [1.29, 1.82) is 0 Å². The summed E-state index contributed by atoms with van der Waals surface area (Å²) in [5.74, 6) is -0.615. The predicted octanol–water partition coefficient (Wildman–Crippen LogP) is 4.57. The van der Waals surface area contributed by atoms with Crippen molar-refractivity contribution in [2.75, 3.05) is 5.32 Å². The van der Waals surface area contributed by atoms with E-state index < -0.39 is 5.41 Å². The van der Waals surface area contributed by atoms with Gasteiger partial charge in [-0.15, -0.1) is 0 Å². The van der Waals surface area contributed by atoms with E-state index in [9.17, 15) is 9.59 Å². The van der Waals surface area contributed by atoms with E-state index in [2.05, 4.69) is 31.4 Å². The summed E-state index contributed by atoms with van der Waals surface area (Å²) in [4.78, 5) is 25.5. The van der Waals surface area contributed by atoms with Crippen LogP contribution in [0.3, 0.4) is 0 Å². The van der Waals surface area contributed by atoms with Gasteiger partial charge >= 0.3 is 0 Å². The minimum atomic E-state index is -1.19. The molecule has 2 aromatic carbocycles. The number of benzene rings is 2. The molecule has 0 aliphatic heterocycles. The number of aryl methyl sites for hydroxylation is 1. The molecule has 144 valence electrons. The van der Waals surface area contributed by atoms with Gasteiger partial charge in [-0.1, -0.05) is 68.8 Å².